The molecule has 1 fully saturated rings. The van der Waals surface area contributed by atoms with E-state index in [1.54, 1.807) is 11.0 Å². The van der Waals surface area contributed by atoms with Gasteiger partial charge in [-0.1, -0.05) is 41.9 Å². The van der Waals surface area contributed by atoms with Crippen LogP contribution in [0.5, 0.6) is 0 Å². The van der Waals surface area contributed by atoms with E-state index < -0.39 is 5.82 Å². The third-order valence-electron chi connectivity index (χ3n) is 4.82. The molecule has 2 aromatic carbocycles. The second kappa shape index (κ2) is 8.91. The summed E-state index contributed by atoms with van der Waals surface area (Å²) in [5.74, 6) is -0.109. The normalized spacial score (nSPS) is 14.3. The molecule has 1 aromatic heterocycles. The molecule has 0 N–H and O–H groups in total. The fourth-order valence-electron chi connectivity index (χ4n) is 3.28. The molecule has 1 aliphatic rings. The Balaban J connectivity index is 1.48. The number of carbonyl (C=O) groups excluding carboxylic acids is 1. The predicted octanol–water partition coefficient (Wildman–Crippen LogP) is 5.30. The molecule has 10 heteroatoms. The lowest BCUT2D eigenvalue weighted by Gasteiger charge is -2.35. The number of anilines is 1. The highest BCUT2D eigenvalue weighted by Crippen LogP contribution is 2.36. The third kappa shape index (κ3) is 4.31. The number of rotatable bonds is 3. The molecule has 0 atom stereocenters. The number of piperazine rings is 1. The molecule has 0 aliphatic carbocycles. The molecule has 6 nitrogen and oxygen atoms in total. The first-order valence-electron chi connectivity index (χ1n) is 9.15. The summed E-state index contributed by atoms with van der Waals surface area (Å²) in [5.41, 5.74) is 1.02. The highest BCUT2D eigenvalue weighted by molar-refractivity contribution is 9.10. The maximum Gasteiger partial charge on any atom is 0.410 e. The quantitative estimate of drug-likeness (QED) is 0.351. The molecule has 0 spiro atoms. The first-order chi connectivity index (χ1) is 14.4. The molecular weight excluding hydrogens is 498 g/mol. The first kappa shape index (κ1) is 21.1. The van der Waals surface area contributed by atoms with E-state index in [0.29, 0.717) is 37.4 Å². The van der Waals surface area contributed by atoms with Crippen molar-refractivity contribution in [3.8, 4) is 0 Å². The van der Waals surface area contributed by atoms with Crippen molar-refractivity contribution in [1.82, 2.24) is 14.9 Å². The average molecular weight is 514 g/mol. The van der Waals surface area contributed by atoms with Crippen LogP contribution in [0.1, 0.15) is 5.56 Å². The predicted molar refractivity (Wildman–Crippen MR) is 118 cm³/mol. The van der Waals surface area contributed by atoms with Crippen molar-refractivity contribution < 1.29 is 13.9 Å². The molecule has 4 rings (SSSR count). The van der Waals surface area contributed by atoms with E-state index in [-0.39, 0.29) is 33.0 Å². The molecule has 2 heterocycles. The van der Waals surface area contributed by atoms with Crippen molar-refractivity contribution >= 4 is 61.9 Å². The SMILES string of the molecule is O=C(OCc1ccccc1)N1CCN(c2nc(Cl)nc3c(F)c(Br)c(Cl)cc23)CC1. The number of benzene rings is 2. The molecule has 0 saturated carbocycles. The zero-order valence-corrected chi connectivity index (χ0v) is 18.7. The van der Waals surface area contributed by atoms with Crippen LogP contribution in [0.3, 0.4) is 0 Å². The summed E-state index contributed by atoms with van der Waals surface area (Å²) in [5, 5.41) is 0.621. The number of fused-ring (bicyclic) bond motifs is 1. The number of nitrogens with zero attached hydrogens (tertiary/aromatic N) is 4. The minimum atomic E-state index is -0.592. The van der Waals surface area contributed by atoms with Crippen LogP contribution in [0.4, 0.5) is 15.0 Å². The first-order valence-corrected chi connectivity index (χ1v) is 10.7. The minimum absolute atomic E-state index is 0.0599. The Labute approximate surface area is 190 Å². The van der Waals surface area contributed by atoms with Gasteiger partial charge in [0.1, 0.15) is 17.9 Å². The van der Waals surface area contributed by atoms with Crippen molar-refractivity contribution in [2.24, 2.45) is 0 Å². The lowest BCUT2D eigenvalue weighted by molar-refractivity contribution is 0.0941. The lowest BCUT2D eigenvalue weighted by atomic mass is 10.2. The minimum Gasteiger partial charge on any atom is -0.445 e. The van der Waals surface area contributed by atoms with Gasteiger partial charge in [0.25, 0.3) is 0 Å². The number of aromatic nitrogens is 2. The summed E-state index contributed by atoms with van der Waals surface area (Å²) >= 11 is 15.3. The Bertz CT molecular complexity index is 1100. The molecule has 156 valence electrons. The van der Waals surface area contributed by atoms with E-state index in [1.165, 1.54) is 0 Å². The summed E-state index contributed by atoms with van der Waals surface area (Å²) in [6.07, 6.45) is -0.373. The van der Waals surface area contributed by atoms with E-state index in [1.807, 2.05) is 35.2 Å². The van der Waals surface area contributed by atoms with Gasteiger partial charge < -0.3 is 14.5 Å². The van der Waals surface area contributed by atoms with Crippen molar-refractivity contribution in [3.05, 3.63) is 62.6 Å². The van der Waals surface area contributed by atoms with Crippen LogP contribution in [0.25, 0.3) is 10.9 Å². The number of carbonyl (C=O) groups is 1. The van der Waals surface area contributed by atoms with Gasteiger partial charge >= 0.3 is 6.09 Å². The van der Waals surface area contributed by atoms with E-state index in [9.17, 15) is 9.18 Å². The van der Waals surface area contributed by atoms with E-state index in [0.717, 1.165) is 5.56 Å². The van der Waals surface area contributed by atoms with Gasteiger partial charge in [0.05, 0.1) is 9.50 Å². The summed E-state index contributed by atoms with van der Waals surface area (Å²) in [4.78, 5) is 24.2. The fourth-order valence-corrected chi connectivity index (χ4v) is 3.94. The Morgan fingerprint density at radius 1 is 1.13 bits per heavy atom. The summed E-state index contributed by atoms with van der Waals surface area (Å²) in [6, 6.07) is 11.1. The van der Waals surface area contributed by atoms with Gasteiger partial charge in [-0.05, 0) is 39.2 Å². The van der Waals surface area contributed by atoms with E-state index in [2.05, 4.69) is 25.9 Å². The monoisotopic (exact) mass is 512 g/mol. The zero-order valence-electron chi connectivity index (χ0n) is 15.6. The molecular formula is C20H16BrCl2FN4O2. The Hall–Kier alpha value is -2.16. The Morgan fingerprint density at radius 2 is 1.83 bits per heavy atom. The van der Waals surface area contributed by atoms with Gasteiger partial charge in [0, 0.05) is 31.6 Å². The largest absolute Gasteiger partial charge is 0.445 e. The molecule has 1 aliphatic heterocycles. The third-order valence-corrected chi connectivity index (χ3v) is 6.29. The second-order valence-electron chi connectivity index (χ2n) is 6.71. The fraction of sp³-hybridized carbons (Fsp3) is 0.250. The number of hydrogen-bond acceptors (Lipinski definition) is 5. The molecule has 30 heavy (non-hydrogen) atoms. The maximum atomic E-state index is 14.6. The van der Waals surface area contributed by atoms with Crippen LogP contribution in [-0.4, -0.2) is 47.1 Å². The zero-order chi connectivity index (χ0) is 21.3. The summed E-state index contributed by atoms with van der Waals surface area (Å²) < 4.78 is 20.1. The number of ether oxygens (including phenoxy) is 1. The maximum absolute atomic E-state index is 14.6. The topological polar surface area (TPSA) is 58.6 Å². The summed E-state index contributed by atoms with van der Waals surface area (Å²) in [6.45, 7) is 2.06. The van der Waals surface area contributed by atoms with Gasteiger partial charge in [-0.3, -0.25) is 0 Å². The van der Waals surface area contributed by atoms with Gasteiger partial charge in [0.15, 0.2) is 5.82 Å². The van der Waals surface area contributed by atoms with Crippen LogP contribution in [-0.2, 0) is 11.3 Å². The van der Waals surface area contributed by atoms with Crippen molar-refractivity contribution in [2.75, 3.05) is 31.1 Å². The van der Waals surface area contributed by atoms with Crippen LogP contribution in [0.15, 0.2) is 40.9 Å². The second-order valence-corrected chi connectivity index (χ2v) is 8.25. The van der Waals surface area contributed by atoms with Gasteiger partial charge in [0.2, 0.25) is 5.28 Å². The Kier molecular flexibility index (Phi) is 6.26. The number of hydrogen-bond donors (Lipinski definition) is 0. The molecule has 0 unspecified atom stereocenters. The van der Waals surface area contributed by atoms with Gasteiger partial charge in [-0.2, -0.15) is 4.98 Å². The van der Waals surface area contributed by atoms with Crippen LogP contribution < -0.4 is 4.90 Å². The van der Waals surface area contributed by atoms with Crippen LogP contribution in [0.2, 0.25) is 10.3 Å². The molecule has 1 amide bonds. The van der Waals surface area contributed by atoms with Crippen molar-refractivity contribution in [3.63, 3.8) is 0 Å². The van der Waals surface area contributed by atoms with Crippen molar-refractivity contribution in [2.45, 2.75) is 6.61 Å². The molecule has 0 bridgehead atoms. The lowest BCUT2D eigenvalue weighted by Crippen LogP contribution is -2.49. The van der Waals surface area contributed by atoms with E-state index >= 15 is 0 Å². The average Bonchev–Trinajstić information content (AvgIpc) is 2.77. The molecule has 0 radical (unpaired) electrons. The molecule has 3 aromatic rings. The number of halogens is 4. The van der Waals surface area contributed by atoms with Gasteiger partial charge in [-0.25, -0.2) is 14.2 Å². The standard InChI is InChI=1S/C20H16BrCl2FN4O2/c21-15-14(22)10-13-17(16(15)24)25-19(23)26-18(13)27-6-8-28(9-7-27)20(29)30-11-12-4-2-1-3-5-12/h1-5,10H,6-9,11H2. The van der Waals surface area contributed by atoms with Crippen molar-refractivity contribution in [1.29, 1.82) is 0 Å². The number of amides is 1. The Morgan fingerprint density at radius 3 is 2.53 bits per heavy atom. The van der Waals surface area contributed by atoms with E-state index in [4.69, 9.17) is 27.9 Å². The van der Waals surface area contributed by atoms with Crippen LogP contribution in [0, 0.1) is 5.82 Å². The smallest absolute Gasteiger partial charge is 0.410 e. The van der Waals surface area contributed by atoms with Crippen LogP contribution >= 0.6 is 39.1 Å². The molecule has 1 saturated heterocycles. The van der Waals surface area contributed by atoms with Gasteiger partial charge in [-0.15, -0.1) is 0 Å². The highest BCUT2D eigenvalue weighted by Gasteiger charge is 2.26. The highest BCUT2D eigenvalue weighted by atomic mass is 79.9. The summed E-state index contributed by atoms with van der Waals surface area (Å²) in [7, 11) is 0.